The quantitative estimate of drug-likeness (QED) is 0.904. The zero-order valence-electron chi connectivity index (χ0n) is 11.7. The monoisotopic (exact) mass is 271 g/mol. The van der Waals surface area contributed by atoms with Gasteiger partial charge in [0.2, 0.25) is 0 Å². The molecule has 1 amide bonds. The van der Waals surface area contributed by atoms with E-state index in [0.29, 0.717) is 11.1 Å². The molecular formula is C17H18FNO. The zero-order valence-corrected chi connectivity index (χ0v) is 11.7. The van der Waals surface area contributed by atoms with E-state index in [-0.39, 0.29) is 12.3 Å². The summed E-state index contributed by atoms with van der Waals surface area (Å²) >= 11 is 0. The van der Waals surface area contributed by atoms with Crippen molar-refractivity contribution in [3.63, 3.8) is 0 Å². The van der Waals surface area contributed by atoms with Crippen LogP contribution in [-0.2, 0) is 6.42 Å². The van der Waals surface area contributed by atoms with Crippen molar-refractivity contribution in [1.29, 1.82) is 0 Å². The number of alkyl halides is 1. The molecule has 104 valence electrons. The molecule has 0 fully saturated rings. The molecule has 0 saturated carbocycles. The van der Waals surface area contributed by atoms with Crippen LogP contribution < -0.4 is 5.32 Å². The van der Waals surface area contributed by atoms with E-state index in [9.17, 15) is 9.18 Å². The van der Waals surface area contributed by atoms with Gasteiger partial charge in [0.25, 0.3) is 5.91 Å². The van der Waals surface area contributed by atoms with Crippen molar-refractivity contribution in [1.82, 2.24) is 5.32 Å². The maximum atomic E-state index is 14.5. The molecule has 3 heteroatoms. The molecule has 2 aromatic rings. The fourth-order valence-corrected chi connectivity index (χ4v) is 2.15. The van der Waals surface area contributed by atoms with Crippen molar-refractivity contribution in [2.45, 2.75) is 19.5 Å². The normalized spacial score (nSPS) is 11.9. The highest BCUT2D eigenvalue weighted by Gasteiger charge is 2.18. The first-order valence-corrected chi connectivity index (χ1v) is 6.62. The van der Waals surface area contributed by atoms with Crippen LogP contribution in [0.2, 0.25) is 0 Å². The smallest absolute Gasteiger partial charge is 0.251 e. The van der Waals surface area contributed by atoms with Crippen LogP contribution in [0.15, 0.2) is 48.5 Å². The second kappa shape index (κ2) is 6.33. The second-order valence-corrected chi connectivity index (χ2v) is 4.82. The second-order valence-electron chi connectivity index (χ2n) is 4.82. The zero-order chi connectivity index (χ0) is 14.5. The Morgan fingerprint density at radius 3 is 2.45 bits per heavy atom. The first-order chi connectivity index (χ1) is 9.61. The summed E-state index contributed by atoms with van der Waals surface area (Å²) in [6.07, 6.45) is -0.917. The van der Waals surface area contributed by atoms with Gasteiger partial charge >= 0.3 is 0 Å². The minimum absolute atomic E-state index is 0.257. The first-order valence-electron chi connectivity index (χ1n) is 6.62. The molecule has 1 atom stereocenters. The number of halogens is 1. The van der Waals surface area contributed by atoms with E-state index in [1.165, 1.54) is 0 Å². The van der Waals surface area contributed by atoms with E-state index < -0.39 is 6.17 Å². The third kappa shape index (κ3) is 3.23. The van der Waals surface area contributed by atoms with Crippen molar-refractivity contribution in [3.05, 3.63) is 70.8 Å². The van der Waals surface area contributed by atoms with Crippen LogP contribution >= 0.6 is 0 Å². The molecule has 0 aliphatic carbocycles. The molecule has 0 heterocycles. The van der Waals surface area contributed by atoms with E-state index in [0.717, 1.165) is 11.1 Å². The van der Waals surface area contributed by atoms with Gasteiger partial charge in [0.15, 0.2) is 0 Å². The third-order valence-corrected chi connectivity index (χ3v) is 3.31. The van der Waals surface area contributed by atoms with Gasteiger partial charge in [-0.15, -0.1) is 0 Å². The van der Waals surface area contributed by atoms with Crippen molar-refractivity contribution in [2.24, 2.45) is 0 Å². The molecule has 0 aliphatic rings. The highest BCUT2D eigenvalue weighted by Crippen LogP contribution is 2.25. The summed E-state index contributed by atoms with van der Waals surface area (Å²) in [5.74, 6) is -0.257. The van der Waals surface area contributed by atoms with Gasteiger partial charge in [-0.25, -0.2) is 4.39 Å². The Balaban J connectivity index is 2.23. The first kappa shape index (κ1) is 14.3. The van der Waals surface area contributed by atoms with Crippen molar-refractivity contribution in [3.8, 4) is 0 Å². The van der Waals surface area contributed by atoms with Gasteiger partial charge < -0.3 is 5.32 Å². The molecule has 0 unspecified atom stereocenters. The summed E-state index contributed by atoms with van der Waals surface area (Å²) < 4.78 is 14.5. The van der Waals surface area contributed by atoms with Crippen molar-refractivity contribution >= 4 is 5.91 Å². The number of carbonyl (C=O) groups is 1. The lowest BCUT2D eigenvalue weighted by Gasteiger charge is -2.13. The molecule has 2 aromatic carbocycles. The number of carbonyl (C=O) groups excluding carboxylic acids is 1. The van der Waals surface area contributed by atoms with Crippen LogP contribution in [0, 0.1) is 6.92 Å². The number of benzene rings is 2. The Morgan fingerprint density at radius 2 is 1.80 bits per heavy atom. The fraction of sp³-hybridized carbons (Fsp3) is 0.235. The van der Waals surface area contributed by atoms with Crippen LogP contribution in [0.4, 0.5) is 4.39 Å². The Kier molecular flexibility index (Phi) is 4.51. The maximum Gasteiger partial charge on any atom is 0.251 e. The number of hydrogen-bond donors (Lipinski definition) is 1. The SMILES string of the molecule is CNC(=O)c1ccccc1[C@H](F)Cc1ccc(C)cc1. The summed E-state index contributed by atoms with van der Waals surface area (Å²) in [6.45, 7) is 2.00. The molecule has 0 aliphatic heterocycles. The average Bonchev–Trinajstić information content (AvgIpc) is 2.48. The summed E-state index contributed by atoms with van der Waals surface area (Å²) in [5.41, 5.74) is 2.91. The molecule has 1 N–H and O–H groups in total. The van der Waals surface area contributed by atoms with Gasteiger partial charge in [-0.3, -0.25) is 4.79 Å². The lowest BCUT2D eigenvalue weighted by Crippen LogP contribution is -2.20. The van der Waals surface area contributed by atoms with Gasteiger partial charge in [0.05, 0.1) is 0 Å². The van der Waals surface area contributed by atoms with Gasteiger partial charge in [0, 0.05) is 19.0 Å². The number of rotatable bonds is 4. The summed E-state index contributed by atoms with van der Waals surface area (Å²) in [6, 6.07) is 14.6. The lowest BCUT2D eigenvalue weighted by atomic mass is 9.97. The van der Waals surface area contributed by atoms with E-state index in [2.05, 4.69) is 5.32 Å². The largest absolute Gasteiger partial charge is 0.355 e. The van der Waals surface area contributed by atoms with E-state index in [4.69, 9.17) is 0 Å². The van der Waals surface area contributed by atoms with E-state index >= 15 is 0 Å². The Labute approximate surface area is 118 Å². The Hall–Kier alpha value is -2.16. The standard InChI is InChI=1S/C17H18FNO/c1-12-7-9-13(10-8-12)11-16(18)14-5-3-4-6-15(14)17(20)19-2/h3-10,16H,11H2,1-2H3,(H,19,20)/t16-/m1/s1. The minimum atomic E-state index is -1.19. The molecule has 0 saturated heterocycles. The van der Waals surface area contributed by atoms with Crippen LogP contribution in [0.5, 0.6) is 0 Å². The predicted octanol–water partition coefficient (Wildman–Crippen LogP) is 3.61. The molecular weight excluding hydrogens is 253 g/mol. The van der Waals surface area contributed by atoms with Crippen LogP contribution in [0.3, 0.4) is 0 Å². The van der Waals surface area contributed by atoms with Crippen LogP contribution in [-0.4, -0.2) is 13.0 Å². The highest BCUT2D eigenvalue weighted by atomic mass is 19.1. The van der Waals surface area contributed by atoms with Crippen LogP contribution in [0.25, 0.3) is 0 Å². The van der Waals surface area contributed by atoms with Gasteiger partial charge in [-0.2, -0.15) is 0 Å². The lowest BCUT2D eigenvalue weighted by molar-refractivity contribution is 0.0960. The molecule has 0 aromatic heterocycles. The number of aryl methyl sites for hydroxylation is 1. The Bertz CT molecular complexity index is 592. The van der Waals surface area contributed by atoms with Crippen molar-refractivity contribution < 1.29 is 9.18 Å². The Morgan fingerprint density at radius 1 is 1.15 bits per heavy atom. The molecule has 2 nitrogen and oxygen atoms in total. The number of amides is 1. The highest BCUT2D eigenvalue weighted by molar-refractivity contribution is 5.95. The number of nitrogens with one attached hydrogen (secondary N) is 1. The molecule has 20 heavy (non-hydrogen) atoms. The summed E-state index contributed by atoms with van der Waals surface area (Å²) in [5, 5.41) is 2.54. The average molecular weight is 271 g/mol. The maximum absolute atomic E-state index is 14.5. The fourth-order valence-electron chi connectivity index (χ4n) is 2.15. The topological polar surface area (TPSA) is 29.1 Å². The van der Waals surface area contributed by atoms with Gasteiger partial charge in [-0.1, -0.05) is 48.0 Å². The minimum Gasteiger partial charge on any atom is -0.355 e. The molecule has 2 rings (SSSR count). The molecule has 0 spiro atoms. The third-order valence-electron chi connectivity index (χ3n) is 3.31. The summed E-state index contributed by atoms with van der Waals surface area (Å²) in [7, 11) is 1.55. The summed E-state index contributed by atoms with van der Waals surface area (Å²) in [4.78, 5) is 11.8. The number of hydrogen-bond acceptors (Lipinski definition) is 1. The van der Waals surface area contributed by atoms with E-state index in [1.54, 1.807) is 31.3 Å². The van der Waals surface area contributed by atoms with Crippen molar-refractivity contribution in [2.75, 3.05) is 7.05 Å². The van der Waals surface area contributed by atoms with Gasteiger partial charge in [0.1, 0.15) is 6.17 Å². The predicted molar refractivity (Wildman–Crippen MR) is 78.6 cm³/mol. The molecule has 0 radical (unpaired) electrons. The van der Waals surface area contributed by atoms with E-state index in [1.807, 2.05) is 31.2 Å². The van der Waals surface area contributed by atoms with Gasteiger partial charge in [-0.05, 0) is 24.1 Å². The molecule has 0 bridgehead atoms. The van der Waals surface area contributed by atoms with Crippen LogP contribution in [0.1, 0.15) is 33.2 Å².